The molecule has 2 heteroatoms. The second-order valence-electron chi connectivity index (χ2n) is 5.37. The van der Waals surface area contributed by atoms with E-state index in [4.69, 9.17) is 0 Å². The monoisotopic (exact) mass is 271 g/mol. The highest BCUT2D eigenvalue weighted by Gasteiger charge is 2.05. The van der Waals surface area contributed by atoms with Crippen molar-refractivity contribution in [1.82, 2.24) is 4.90 Å². The number of rotatable bonds is 5. The average Bonchev–Trinajstić information content (AvgIpc) is 2.42. The highest BCUT2D eigenvalue weighted by atomic mass is 16.2. The van der Waals surface area contributed by atoms with Gasteiger partial charge in [0.2, 0.25) is 5.91 Å². The minimum absolute atomic E-state index is 0.0999. The molecular weight excluding hydrogens is 246 g/mol. The number of hydrogen-bond acceptors (Lipinski definition) is 1. The van der Waals surface area contributed by atoms with Gasteiger partial charge >= 0.3 is 0 Å². The second kappa shape index (κ2) is 8.43. The summed E-state index contributed by atoms with van der Waals surface area (Å²) in [6, 6.07) is 8.34. The van der Waals surface area contributed by atoms with Gasteiger partial charge in [0.15, 0.2) is 0 Å². The van der Waals surface area contributed by atoms with E-state index in [1.807, 2.05) is 12.1 Å². The van der Waals surface area contributed by atoms with Crippen molar-refractivity contribution in [2.24, 2.45) is 0 Å². The second-order valence-corrected chi connectivity index (χ2v) is 5.37. The Morgan fingerprint density at radius 3 is 2.40 bits per heavy atom. The van der Waals surface area contributed by atoms with Gasteiger partial charge in [-0.1, -0.05) is 51.2 Å². The number of carbonyl (C=O) groups is 1. The minimum Gasteiger partial charge on any atom is -0.332 e. The molecule has 1 aromatic carbocycles. The molecule has 0 aliphatic carbocycles. The standard InChI is InChI=1S/C18H25NO/c1-5-6-13-19(16(4)20)14-7-8-17-9-11-18(12-10-17)15(2)3/h9-12,15H,5-6,13-14H2,1-4H3. The zero-order valence-corrected chi connectivity index (χ0v) is 13.1. The SMILES string of the molecule is CCCCN(CC#Cc1ccc(C(C)C)cc1)C(C)=O. The molecule has 0 saturated carbocycles. The Balaban J connectivity index is 2.61. The van der Waals surface area contributed by atoms with Crippen molar-refractivity contribution < 1.29 is 4.79 Å². The van der Waals surface area contributed by atoms with Gasteiger partial charge in [0.1, 0.15) is 0 Å². The predicted molar refractivity (Wildman–Crippen MR) is 84.6 cm³/mol. The number of benzene rings is 1. The van der Waals surface area contributed by atoms with Crippen LogP contribution in [-0.4, -0.2) is 23.9 Å². The van der Waals surface area contributed by atoms with Crippen molar-refractivity contribution in [3.8, 4) is 11.8 Å². The Labute approximate surface area is 123 Å². The zero-order valence-electron chi connectivity index (χ0n) is 13.1. The smallest absolute Gasteiger partial charge is 0.220 e. The molecule has 108 valence electrons. The Kier molecular flexibility index (Phi) is 6.87. The third-order valence-electron chi connectivity index (χ3n) is 3.31. The van der Waals surface area contributed by atoms with Crippen LogP contribution in [-0.2, 0) is 4.79 Å². The Bertz CT molecular complexity index is 476. The average molecular weight is 271 g/mol. The number of nitrogens with zero attached hydrogens (tertiary/aromatic N) is 1. The van der Waals surface area contributed by atoms with Crippen molar-refractivity contribution >= 4 is 5.91 Å². The molecule has 0 atom stereocenters. The topological polar surface area (TPSA) is 20.3 Å². The number of hydrogen-bond donors (Lipinski definition) is 0. The van der Waals surface area contributed by atoms with Crippen molar-refractivity contribution in [1.29, 1.82) is 0 Å². The van der Waals surface area contributed by atoms with Crippen molar-refractivity contribution in [3.63, 3.8) is 0 Å². The van der Waals surface area contributed by atoms with Gasteiger partial charge in [0.25, 0.3) is 0 Å². The van der Waals surface area contributed by atoms with Crippen LogP contribution < -0.4 is 0 Å². The zero-order chi connectivity index (χ0) is 15.0. The lowest BCUT2D eigenvalue weighted by molar-refractivity contribution is -0.128. The van der Waals surface area contributed by atoms with Gasteiger partial charge < -0.3 is 4.90 Å². The molecule has 1 amide bonds. The van der Waals surface area contributed by atoms with Crippen LogP contribution in [0.5, 0.6) is 0 Å². The molecule has 20 heavy (non-hydrogen) atoms. The summed E-state index contributed by atoms with van der Waals surface area (Å²) in [5.74, 6) is 6.87. The lowest BCUT2D eigenvalue weighted by atomic mass is 10.0. The van der Waals surface area contributed by atoms with Gasteiger partial charge in [0.05, 0.1) is 6.54 Å². The fraction of sp³-hybridized carbons (Fsp3) is 0.500. The Hall–Kier alpha value is -1.75. The first-order valence-corrected chi connectivity index (χ1v) is 7.39. The van der Waals surface area contributed by atoms with Gasteiger partial charge in [-0.3, -0.25) is 4.79 Å². The molecule has 0 N–H and O–H groups in total. The summed E-state index contributed by atoms with van der Waals surface area (Å²) in [4.78, 5) is 13.3. The number of carbonyl (C=O) groups excluding carboxylic acids is 1. The molecule has 0 unspecified atom stereocenters. The number of amides is 1. The van der Waals surface area contributed by atoms with Crippen LogP contribution in [0.25, 0.3) is 0 Å². The van der Waals surface area contributed by atoms with Gasteiger partial charge in [-0.25, -0.2) is 0 Å². The Morgan fingerprint density at radius 1 is 1.25 bits per heavy atom. The van der Waals surface area contributed by atoms with Gasteiger partial charge in [-0.05, 0) is 30.0 Å². The quantitative estimate of drug-likeness (QED) is 0.746. The first-order chi connectivity index (χ1) is 9.54. The van der Waals surface area contributed by atoms with E-state index in [-0.39, 0.29) is 5.91 Å². The van der Waals surface area contributed by atoms with Gasteiger partial charge in [-0.15, -0.1) is 0 Å². The van der Waals surface area contributed by atoms with Crippen LogP contribution >= 0.6 is 0 Å². The maximum atomic E-state index is 11.5. The molecule has 0 saturated heterocycles. The van der Waals surface area contributed by atoms with Crippen LogP contribution in [0.15, 0.2) is 24.3 Å². The fourth-order valence-electron chi connectivity index (χ4n) is 1.89. The van der Waals surface area contributed by atoms with Crippen molar-refractivity contribution in [3.05, 3.63) is 35.4 Å². The molecule has 0 spiro atoms. The predicted octanol–water partition coefficient (Wildman–Crippen LogP) is 3.81. The van der Waals surface area contributed by atoms with E-state index in [2.05, 4.69) is 44.7 Å². The third-order valence-corrected chi connectivity index (χ3v) is 3.31. The highest BCUT2D eigenvalue weighted by molar-refractivity contribution is 5.73. The molecule has 0 heterocycles. The lowest BCUT2D eigenvalue weighted by Crippen LogP contribution is -2.30. The largest absolute Gasteiger partial charge is 0.332 e. The van der Waals surface area contributed by atoms with E-state index >= 15 is 0 Å². The van der Waals surface area contributed by atoms with Crippen LogP contribution in [0.3, 0.4) is 0 Å². The van der Waals surface area contributed by atoms with Gasteiger partial charge in [0, 0.05) is 19.0 Å². The molecule has 2 nitrogen and oxygen atoms in total. The minimum atomic E-state index is 0.0999. The Morgan fingerprint density at radius 2 is 1.90 bits per heavy atom. The summed E-state index contributed by atoms with van der Waals surface area (Å²) < 4.78 is 0. The summed E-state index contributed by atoms with van der Waals surface area (Å²) >= 11 is 0. The first-order valence-electron chi connectivity index (χ1n) is 7.39. The summed E-state index contributed by atoms with van der Waals surface area (Å²) in [5.41, 5.74) is 2.33. The molecule has 0 bridgehead atoms. The molecule has 1 rings (SSSR count). The van der Waals surface area contributed by atoms with E-state index in [0.717, 1.165) is 24.9 Å². The maximum absolute atomic E-state index is 11.5. The first kappa shape index (κ1) is 16.3. The number of unbranched alkanes of at least 4 members (excludes halogenated alkanes) is 1. The van der Waals surface area contributed by atoms with E-state index in [1.165, 1.54) is 5.56 Å². The van der Waals surface area contributed by atoms with Crippen LogP contribution in [0.4, 0.5) is 0 Å². The third kappa shape index (κ3) is 5.48. The van der Waals surface area contributed by atoms with E-state index in [0.29, 0.717) is 12.5 Å². The summed E-state index contributed by atoms with van der Waals surface area (Å²) in [6.45, 7) is 9.40. The van der Waals surface area contributed by atoms with Gasteiger partial charge in [-0.2, -0.15) is 0 Å². The molecule has 0 fully saturated rings. The van der Waals surface area contributed by atoms with E-state index in [1.54, 1.807) is 11.8 Å². The molecule has 1 aromatic rings. The highest BCUT2D eigenvalue weighted by Crippen LogP contribution is 2.14. The molecular formula is C18H25NO. The normalized spacial score (nSPS) is 10.1. The van der Waals surface area contributed by atoms with Crippen LogP contribution in [0, 0.1) is 11.8 Å². The van der Waals surface area contributed by atoms with E-state index < -0.39 is 0 Å². The van der Waals surface area contributed by atoms with E-state index in [9.17, 15) is 4.79 Å². The molecule has 0 aliphatic rings. The molecule has 0 aromatic heterocycles. The van der Waals surface area contributed by atoms with Crippen molar-refractivity contribution in [2.45, 2.75) is 46.5 Å². The summed E-state index contributed by atoms with van der Waals surface area (Å²) in [7, 11) is 0. The molecule has 0 aliphatic heterocycles. The maximum Gasteiger partial charge on any atom is 0.220 e. The van der Waals surface area contributed by atoms with Crippen molar-refractivity contribution in [2.75, 3.05) is 13.1 Å². The fourth-order valence-corrected chi connectivity index (χ4v) is 1.89. The summed E-state index contributed by atoms with van der Waals surface area (Å²) in [6.07, 6.45) is 2.12. The van der Waals surface area contributed by atoms with Crippen LogP contribution in [0.2, 0.25) is 0 Å². The molecule has 0 radical (unpaired) electrons. The van der Waals surface area contributed by atoms with Crippen LogP contribution in [0.1, 0.15) is 57.6 Å². The summed E-state index contributed by atoms with van der Waals surface area (Å²) in [5, 5.41) is 0. The lowest BCUT2D eigenvalue weighted by Gasteiger charge is -2.17.